The van der Waals surface area contributed by atoms with Crippen LogP contribution < -0.4 is 15.4 Å². The number of rotatable bonds is 6. The van der Waals surface area contributed by atoms with Crippen molar-refractivity contribution in [2.45, 2.75) is 13.3 Å². The number of imidazole rings is 1. The molecule has 2 aliphatic heterocycles. The van der Waals surface area contributed by atoms with E-state index < -0.39 is 11.6 Å². The number of carbonyl (C=O) groups is 2. The Labute approximate surface area is 253 Å². The number of halogens is 3. The SMILES string of the molecule is COc1ccc(-c2cnc3c(Nc4ccc(C(=O)N5CCN(C(=O)[C@@H]6CCNC6)CC5)c(C)c4)nccn23)c(F)c1F.Cl. The number of anilines is 2. The van der Waals surface area contributed by atoms with Gasteiger partial charge >= 0.3 is 0 Å². The zero-order chi connectivity index (χ0) is 29.4. The first kappa shape index (κ1) is 30.2. The van der Waals surface area contributed by atoms with Crippen molar-refractivity contribution < 1.29 is 23.1 Å². The third-order valence-electron chi connectivity index (χ3n) is 7.98. The van der Waals surface area contributed by atoms with Crippen molar-refractivity contribution in [3.05, 3.63) is 71.7 Å². The molecule has 10 nitrogen and oxygen atoms in total. The smallest absolute Gasteiger partial charge is 0.254 e. The van der Waals surface area contributed by atoms with E-state index >= 15 is 0 Å². The molecule has 1 atom stereocenters. The van der Waals surface area contributed by atoms with Gasteiger partial charge < -0.3 is 25.2 Å². The second kappa shape index (κ2) is 12.5. The predicted molar refractivity (Wildman–Crippen MR) is 160 cm³/mol. The molecular formula is C30H32ClF2N7O3. The molecule has 0 aliphatic carbocycles. The average Bonchev–Trinajstić information content (AvgIpc) is 3.70. The monoisotopic (exact) mass is 611 g/mol. The Morgan fingerprint density at radius 1 is 1.05 bits per heavy atom. The molecule has 4 aromatic rings. The second-order valence-corrected chi connectivity index (χ2v) is 10.5. The molecule has 226 valence electrons. The van der Waals surface area contributed by atoms with Gasteiger partial charge in [-0.25, -0.2) is 14.4 Å². The number of amides is 2. The fraction of sp³-hybridized carbons (Fsp3) is 0.333. The number of aromatic nitrogens is 3. The summed E-state index contributed by atoms with van der Waals surface area (Å²) in [7, 11) is 1.28. The second-order valence-electron chi connectivity index (χ2n) is 10.5. The summed E-state index contributed by atoms with van der Waals surface area (Å²) in [6.45, 7) is 5.54. The lowest BCUT2D eigenvalue weighted by atomic mass is 10.0. The van der Waals surface area contributed by atoms with Crippen molar-refractivity contribution in [1.29, 1.82) is 0 Å². The van der Waals surface area contributed by atoms with Crippen LogP contribution >= 0.6 is 12.4 Å². The van der Waals surface area contributed by atoms with Crippen LogP contribution in [-0.4, -0.2) is 82.4 Å². The largest absolute Gasteiger partial charge is 0.494 e. The molecule has 2 aromatic carbocycles. The third-order valence-corrected chi connectivity index (χ3v) is 7.98. The molecule has 0 bridgehead atoms. The van der Waals surface area contributed by atoms with Crippen molar-refractivity contribution >= 4 is 41.4 Å². The van der Waals surface area contributed by atoms with Crippen LogP contribution in [-0.2, 0) is 4.79 Å². The highest BCUT2D eigenvalue weighted by molar-refractivity contribution is 5.96. The van der Waals surface area contributed by atoms with Gasteiger partial charge in [-0.05, 0) is 55.8 Å². The number of hydrogen-bond donors (Lipinski definition) is 2. The van der Waals surface area contributed by atoms with E-state index in [9.17, 15) is 18.4 Å². The topological polar surface area (TPSA) is 104 Å². The van der Waals surface area contributed by atoms with Crippen LogP contribution in [0.3, 0.4) is 0 Å². The van der Waals surface area contributed by atoms with Gasteiger partial charge in [0.1, 0.15) is 0 Å². The Morgan fingerprint density at radius 2 is 1.81 bits per heavy atom. The minimum atomic E-state index is -1.07. The number of hydrogen-bond acceptors (Lipinski definition) is 7. The lowest BCUT2D eigenvalue weighted by Crippen LogP contribution is -2.52. The highest BCUT2D eigenvalue weighted by Gasteiger charge is 2.31. The van der Waals surface area contributed by atoms with Crippen LogP contribution in [0.5, 0.6) is 5.75 Å². The summed E-state index contributed by atoms with van der Waals surface area (Å²) in [4.78, 5) is 38.5. The van der Waals surface area contributed by atoms with Gasteiger partial charge in [0.2, 0.25) is 11.7 Å². The van der Waals surface area contributed by atoms with Crippen LogP contribution in [0.25, 0.3) is 16.9 Å². The number of methoxy groups -OCH3 is 1. The number of ether oxygens (including phenoxy) is 1. The first-order chi connectivity index (χ1) is 20.4. The Kier molecular flexibility index (Phi) is 8.79. The molecule has 4 heterocycles. The summed E-state index contributed by atoms with van der Waals surface area (Å²) < 4.78 is 35.7. The van der Waals surface area contributed by atoms with Gasteiger partial charge in [0.05, 0.1) is 24.9 Å². The molecule has 0 saturated carbocycles. The van der Waals surface area contributed by atoms with Crippen LogP contribution in [0.2, 0.25) is 0 Å². The summed E-state index contributed by atoms with van der Waals surface area (Å²) in [5, 5.41) is 6.47. The third kappa shape index (κ3) is 5.72. The summed E-state index contributed by atoms with van der Waals surface area (Å²) in [6.07, 6.45) is 5.48. The van der Waals surface area contributed by atoms with Gasteiger partial charge in [-0.1, -0.05) is 0 Å². The van der Waals surface area contributed by atoms with Gasteiger partial charge in [0, 0.05) is 61.9 Å². The molecule has 0 unspecified atom stereocenters. The Balaban J connectivity index is 0.00000368. The van der Waals surface area contributed by atoms with E-state index in [1.54, 1.807) is 27.6 Å². The van der Waals surface area contributed by atoms with E-state index in [2.05, 4.69) is 20.6 Å². The summed E-state index contributed by atoms with van der Waals surface area (Å²) >= 11 is 0. The fourth-order valence-electron chi connectivity index (χ4n) is 5.64. The Hall–Kier alpha value is -4.29. The van der Waals surface area contributed by atoms with Gasteiger partial charge in [0.25, 0.3) is 5.91 Å². The number of carbonyl (C=O) groups excluding carboxylic acids is 2. The maximum Gasteiger partial charge on any atom is 0.254 e. The fourth-order valence-corrected chi connectivity index (χ4v) is 5.64. The highest BCUT2D eigenvalue weighted by Crippen LogP contribution is 2.31. The quantitative estimate of drug-likeness (QED) is 0.339. The maximum absolute atomic E-state index is 14.8. The predicted octanol–water partition coefficient (Wildman–Crippen LogP) is 4.05. The average molecular weight is 612 g/mol. The molecule has 0 spiro atoms. The summed E-state index contributed by atoms with van der Waals surface area (Å²) in [5.41, 5.74) is 2.88. The van der Waals surface area contributed by atoms with E-state index in [4.69, 9.17) is 4.74 Å². The number of benzene rings is 2. The molecule has 2 aliphatic rings. The minimum Gasteiger partial charge on any atom is -0.494 e. The Morgan fingerprint density at radius 3 is 2.51 bits per heavy atom. The Bertz CT molecular complexity index is 1670. The summed E-state index contributed by atoms with van der Waals surface area (Å²) in [5.74, 6) is -1.73. The zero-order valence-electron chi connectivity index (χ0n) is 23.8. The van der Waals surface area contributed by atoms with E-state index in [0.29, 0.717) is 54.6 Å². The molecule has 2 fully saturated rings. The van der Waals surface area contributed by atoms with E-state index in [-0.39, 0.29) is 41.5 Å². The van der Waals surface area contributed by atoms with Gasteiger partial charge in [-0.3, -0.25) is 14.0 Å². The van der Waals surface area contributed by atoms with Crippen LogP contribution in [0, 0.1) is 24.5 Å². The molecule has 2 amide bonds. The van der Waals surface area contributed by atoms with Crippen molar-refractivity contribution in [2.24, 2.45) is 5.92 Å². The lowest BCUT2D eigenvalue weighted by Gasteiger charge is -2.36. The number of nitrogens with zero attached hydrogens (tertiary/aromatic N) is 5. The number of nitrogens with one attached hydrogen (secondary N) is 2. The number of aryl methyl sites for hydroxylation is 1. The molecule has 13 heteroatoms. The molecule has 0 radical (unpaired) electrons. The van der Waals surface area contributed by atoms with Crippen LogP contribution in [0.4, 0.5) is 20.3 Å². The van der Waals surface area contributed by atoms with Crippen molar-refractivity contribution in [3.63, 3.8) is 0 Å². The molecule has 2 aromatic heterocycles. The van der Waals surface area contributed by atoms with Crippen molar-refractivity contribution in [1.82, 2.24) is 29.5 Å². The first-order valence-electron chi connectivity index (χ1n) is 13.9. The molecule has 2 saturated heterocycles. The van der Waals surface area contributed by atoms with E-state index in [1.165, 1.54) is 31.6 Å². The van der Waals surface area contributed by atoms with Crippen LogP contribution in [0.1, 0.15) is 22.3 Å². The number of piperazine rings is 1. The summed E-state index contributed by atoms with van der Waals surface area (Å²) in [6, 6.07) is 8.23. The maximum atomic E-state index is 14.8. The van der Waals surface area contributed by atoms with Crippen LogP contribution in [0.15, 0.2) is 48.9 Å². The van der Waals surface area contributed by atoms with Gasteiger partial charge in [-0.15, -0.1) is 12.4 Å². The van der Waals surface area contributed by atoms with E-state index in [0.717, 1.165) is 25.1 Å². The molecule has 43 heavy (non-hydrogen) atoms. The minimum absolute atomic E-state index is 0. The first-order valence-corrected chi connectivity index (χ1v) is 13.9. The van der Waals surface area contributed by atoms with Gasteiger partial charge in [0.15, 0.2) is 23.0 Å². The number of fused-ring (bicyclic) bond motifs is 1. The zero-order valence-corrected chi connectivity index (χ0v) is 24.6. The standard InChI is InChI=1S/C30H31F2N7O3.ClH/c1-18-15-20(3-4-21(18)30(41)38-13-11-37(12-14-38)29(40)19-7-8-33-16-19)36-27-28-35-17-23(39(28)10-9-34-27)22-5-6-24(42-2)26(32)25(22)31;/h3-6,9-10,15,17,19,33H,7-8,11-14,16H2,1-2H3,(H,34,36);1H/t19-;/m1./s1. The lowest BCUT2D eigenvalue weighted by molar-refractivity contribution is -0.136. The van der Waals surface area contributed by atoms with E-state index in [1.807, 2.05) is 17.9 Å². The highest BCUT2D eigenvalue weighted by atomic mass is 35.5. The normalized spacial score (nSPS) is 16.7. The molecular weight excluding hydrogens is 580 g/mol. The molecule has 6 rings (SSSR count). The van der Waals surface area contributed by atoms with Gasteiger partial charge in [-0.2, -0.15) is 4.39 Å². The molecule has 2 N–H and O–H groups in total. The van der Waals surface area contributed by atoms with Crippen molar-refractivity contribution in [3.8, 4) is 17.0 Å². The van der Waals surface area contributed by atoms with Crippen molar-refractivity contribution in [2.75, 3.05) is 51.7 Å².